The molecule has 1 saturated heterocycles. The lowest BCUT2D eigenvalue weighted by Crippen LogP contribution is -2.48. The minimum absolute atomic E-state index is 0.0162. The van der Waals surface area contributed by atoms with E-state index >= 15 is 0 Å². The molecule has 0 radical (unpaired) electrons. The monoisotopic (exact) mass is 491 g/mol. The first kappa shape index (κ1) is 25.2. The number of hydrogen-bond donors (Lipinski definition) is 1. The molecule has 2 aromatic carbocycles. The van der Waals surface area contributed by atoms with E-state index in [0.717, 1.165) is 19.3 Å². The molecule has 0 aliphatic carbocycles. The highest BCUT2D eigenvalue weighted by atomic mass is 35.5. The van der Waals surface area contributed by atoms with Crippen LogP contribution in [0.15, 0.2) is 53.4 Å². The molecule has 1 aliphatic heterocycles. The lowest BCUT2D eigenvalue weighted by Gasteiger charge is -2.29. The second-order valence-electron chi connectivity index (χ2n) is 8.23. The summed E-state index contributed by atoms with van der Waals surface area (Å²) in [4.78, 5) is 27.0. The summed E-state index contributed by atoms with van der Waals surface area (Å²) in [5.41, 5.74) is 1.23. The third-order valence-corrected chi connectivity index (χ3v) is 7.84. The highest BCUT2D eigenvalue weighted by Gasteiger charge is 2.36. The molecule has 1 atom stereocenters. The predicted octanol–water partition coefficient (Wildman–Crippen LogP) is 3.68. The van der Waals surface area contributed by atoms with Crippen molar-refractivity contribution in [1.29, 1.82) is 0 Å². The molecule has 0 unspecified atom stereocenters. The van der Waals surface area contributed by atoms with E-state index in [-0.39, 0.29) is 23.3 Å². The molecular weight excluding hydrogens is 462 g/mol. The molecule has 0 spiro atoms. The first-order chi connectivity index (χ1) is 15.7. The SMILES string of the molecule is CCCN(C)C(=O)c1ccc(CN([C@@H]2CCCCNC2=O)S(=O)(=O)c2ccc(Cl)cc2)cc1. The maximum absolute atomic E-state index is 13.6. The van der Waals surface area contributed by atoms with Crippen LogP contribution in [0.1, 0.15) is 48.5 Å². The standard InChI is InChI=1S/C24H30ClN3O4S/c1-3-16-27(2)24(30)19-9-7-18(8-10-19)17-28(22-6-4-5-15-26-23(22)29)33(31,32)21-13-11-20(25)12-14-21/h7-14,22H,3-6,15-17H2,1-2H3,(H,26,29)/t22-/m1/s1. The van der Waals surface area contributed by atoms with Gasteiger partial charge in [-0.2, -0.15) is 4.31 Å². The van der Waals surface area contributed by atoms with Crippen LogP contribution in [0.25, 0.3) is 0 Å². The summed E-state index contributed by atoms with van der Waals surface area (Å²) in [6.07, 6.45) is 2.85. The molecule has 2 aromatic rings. The molecule has 1 fully saturated rings. The highest BCUT2D eigenvalue weighted by Crippen LogP contribution is 2.26. The van der Waals surface area contributed by atoms with Gasteiger partial charge in [-0.05, 0) is 67.6 Å². The van der Waals surface area contributed by atoms with Crippen LogP contribution in [0.2, 0.25) is 5.02 Å². The van der Waals surface area contributed by atoms with Gasteiger partial charge in [0, 0.05) is 37.3 Å². The van der Waals surface area contributed by atoms with Crippen LogP contribution in [0.5, 0.6) is 0 Å². The van der Waals surface area contributed by atoms with Crippen molar-refractivity contribution < 1.29 is 18.0 Å². The molecule has 1 heterocycles. The van der Waals surface area contributed by atoms with E-state index in [4.69, 9.17) is 11.6 Å². The fourth-order valence-corrected chi connectivity index (χ4v) is 5.62. The highest BCUT2D eigenvalue weighted by molar-refractivity contribution is 7.89. The molecule has 9 heteroatoms. The quantitative estimate of drug-likeness (QED) is 0.610. The number of sulfonamides is 1. The average Bonchev–Trinajstić information content (AvgIpc) is 3.02. The smallest absolute Gasteiger partial charge is 0.253 e. The van der Waals surface area contributed by atoms with Gasteiger partial charge in [-0.3, -0.25) is 9.59 Å². The Morgan fingerprint density at radius 3 is 2.39 bits per heavy atom. The minimum Gasteiger partial charge on any atom is -0.355 e. The van der Waals surface area contributed by atoms with E-state index in [9.17, 15) is 18.0 Å². The number of hydrogen-bond acceptors (Lipinski definition) is 4. The van der Waals surface area contributed by atoms with Crippen LogP contribution >= 0.6 is 11.6 Å². The predicted molar refractivity (Wildman–Crippen MR) is 129 cm³/mol. The maximum atomic E-state index is 13.6. The maximum Gasteiger partial charge on any atom is 0.253 e. The summed E-state index contributed by atoms with van der Waals surface area (Å²) in [7, 11) is -2.22. The number of carbonyl (C=O) groups is 2. The van der Waals surface area contributed by atoms with E-state index in [2.05, 4.69) is 5.32 Å². The van der Waals surface area contributed by atoms with Crippen molar-refractivity contribution in [2.45, 2.75) is 50.1 Å². The molecule has 1 aliphatic rings. The van der Waals surface area contributed by atoms with E-state index in [1.807, 2.05) is 6.92 Å². The van der Waals surface area contributed by atoms with Crippen LogP contribution in [-0.2, 0) is 21.4 Å². The zero-order valence-electron chi connectivity index (χ0n) is 19.0. The van der Waals surface area contributed by atoms with Crippen molar-refractivity contribution in [3.63, 3.8) is 0 Å². The Hall–Kier alpha value is -2.42. The van der Waals surface area contributed by atoms with Crippen LogP contribution in [0.4, 0.5) is 0 Å². The summed E-state index contributed by atoms with van der Waals surface area (Å²) in [5, 5.41) is 3.26. The Labute approximate surface area is 200 Å². The van der Waals surface area contributed by atoms with Gasteiger partial charge in [0.2, 0.25) is 15.9 Å². The van der Waals surface area contributed by atoms with Gasteiger partial charge in [-0.1, -0.05) is 30.7 Å². The number of carbonyl (C=O) groups excluding carboxylic acids is 2. The van der Waals surface area contributed by atoms with Crippen LogP contribution in [-0.4, -0.2) is 55.6 Å². The largest absolute Gasteiger partial charge is 0.355 e. The Bertz CT molecular complexity index is 1070. The third-order valence-electron chi connectivity index (χ3n) is 5.72. The number of nitrogens with one attached hydrogen (secondary N) is 1. The first-order valence-electron chi connectivity index (χ1n) is 11.1. The van der Waals surface area contributed by atoms with Crippen molar-refractivity contribution in [2.24, 2.45) is 0 Å². The van der Waals surface area contributed by atoms with Gasteiger partial charge < -0.3 is 10.2 Å². The molecule has 33 heavy (non-hydrogen) atoms. The van der Waals surface area contributed by atoms with Gasteiger partial charge in [0.1, 0.15) is 6.04 Å². The Morgan fingerprint density at radius 1 is 1.09 bits per heavy atom. The van der Waals surface area contributed by atoms with Gasteiger partial charge in [-0.15, -0.1) is 0 Å². The Balaban J connectivity index is 1.92. The minimum atomic E-state index is -3.97. The molecule has 2 amide bonds. The molecule has 0 saturated carbocycles. The molecule has 7 nitrogen and oxygen atoms in total. The molecule has 3 rings (SSSR count). The average molecular weight is 492 g/mol. The van der Waals surface area contributed by atoms with Crippen molar-refractivity contribution in [1.82, 2.24) is 14.5 Å². The number of amides is 2. The van der Waals surface area contributed by atoms with E-state index in [0.29, 0.717) is 35.7 Å². The molecule has 0 aromatic heterocycles. The van der Waals surface area contributed by atoms with Gasteiger partial charge >= 0.3 is 0 Å². The number of benzene rings is 2. The second-order valence-corrected chi connectivity index (χ2v) is 10.6. The summed E-state index contributed by atoms with van der Waals surface area (Å²) in [5.74, 6) is -0.379. The van der Waals surface area contributed by atoms with Crippen molar-refractivity contribution in [3.8, 4) is 0 Å². The number of halogens is 1. The Morgan fingerprint density at radius 2 is 1.76 bits per heavy atom. The summed E-state index contributed by atoms with van der Waals surface area (Å²) < 4.78 is 28.4. The first-order valence-corrected chi connectivity index (χ1v) is 13.0. The lowest BCUT2D eigenvalue weighted by molar-refractivity contribution is -0.124. The van der Waals surface area contributed by atoms with E-state index < -0.39 is 16.1 Å². The fraction of sp³-hybridized carbons (Fsp3) is 0.417. The summed E-state index contributed by atoms with van der Waals surface area (Å²) in [6, 6.07) is 12.0. The van der Waals surface area contributed by atoms with Crippen molar-refractivity contribution in [2.75, 3.05) is 20.1 Å². The lowest BCUT2D eigenvalue weighted by atomic mass is 10.1. The van der Waals surface area contributed by atoms with Crippen molar-refractivity contribution >= 4 is 33.4 Å². The molecule has 0 bridgehead atoms. The second kappa shape index (κ2) is 11.1. The third kappa shape index (κ3) is 6.13. The van der Waals surface area contributed by atoms with Crippen LogP contribution in [0.3, 0.4) is 0 Å². The fourth-order valence-electron chi connectivity index (χ4n) is 3.89. The van der Waals surface area contributed by atoms with Gasteiger partial charge in [-0.25, -0.2) is 8.42 Å². The zero-order valence-corrected chi connectivity index (χ0v) is 20.5. The number of rotatable bonds is 8. The van der Waals surface area contributed by atoms with Gasteiger partial charge in [0.05, 0.1) is 4.90 Å². The molecule has 1 N–H and O–H groups in total. The molecule has 178 valence electrons. The van der Waals surface area contributed by atoms with Crippen LogP contribution in [0, 0.1) is 0 Å². The van der Waals surface area contributed by atoms with Gasteiger partial charge in [0.15, 0.2) is 0 Å². The van der Waals surface area contributed by atoms with Crippen LogP contribution < -0.4 is 5.32 Å². The normalized spacial score (nSPS) is 16.8. The van der Waals surface area contributed by atoms with Gasteiger partial charge in [0.25, 0.3) is 5.91 Å². The summed E-state index contributed by atoms with van der Waals surface area (Å²) >= 11 is 5.94. The molecular formula is C24H30ClN3O4S. The topological polar surface area (TPSA) is 86.8 Å². The Kier molecular flexibility index (Phi) is 8.51. The van der Waals surface area contributed by atoms with E-state index in [1.54, 1.807) is 36.2 Å². The number of nitrogens with zero attached hydrogens (tertiary/aromatic N) is 2. The van der Waals surface area contributed by atoms with E-state index in [1.165, 1.54) is 28.6 Å². The zero-order chi connectivity index (χ0) is 24.0. The summed E-state index contributed by atoms with van der Waals surface area (Å²) in [6.45, 7) is 3.21. The van der Waals surface area contributed by atoms with Crippen molar-refractivity contribution in [3.05, 3.63) is 64.7 Å².